The Bertz CT molecular complexity index is 1110. The minimum Gasteiger partial charge on any atom is -0.366 e. The highest BCUT2D eigenvalue weighted by atomic mass is 35.5. The smallest absolute Gasteiger partial charge is 0.264 e. The summed E-state index contributed by atoms with van der Waals surface area (Å²) in [5, 5.41) is 4.07. The molecule has 0 unspecified atom stereocenters. The maximum Gasteiger partial charge on any atom is 0.264 e. The van der Waals surface area contributed by atoms with E-state index in [0.717, 1.165) is 29.8 Å². The average Bonchev–Trinajstić information content (AvgIpc) is 3.03. The van der Waals surface area contributed by atoms with E-state index in [1.165, 1.54) is 23.0 Å². The Hall–Kier alpha value is -2.24. The van der Waals surface area contributed by atoms with E-state index in [4.69, 9.17) is 11.6 Å². The standard InChI is InChI=1S/C25H28ClN3OS/c1-6-29-21-10-8-17(11-19(21)16(3)14-25(29,4)5)12-22-23(30)28-24(31-22)27-20-13-18(26)9-7-15(20)2/h7-13,16H,6,14H2,1-5H3,(H,27,28,30)/b22-12-/t16-/m0/s1. The minimum atomic E-state index is -0.120. The van der Waals surface area contributed by atoms with Crippen LogP contribution >= 0.6 is 23.4 Å². The van der Waals surface area contributed by atoms with Crippen LogP contribution in [0.5, 0.6) is 0 Å². The molecule has 2 aromatic rings. The summed E-state index contributed by atoms with van der Waals surface area (Å²) in [7, 11) is 0. The molecule has 1 amide bonds. The summed E-state index contributed by atoms with van der Waals surface area (Å²) < 4.78 is 0. The van der Waals surface area contributed by atoms with Crippen LogP contribution in [0.3, 0.4) is 0 Å². The van der Waals surface area contributed by atoms with Gasteiger partial charge in [0.25, 0.3) is 5.91 Å². The first-order valence-corrected chi connectivity index (χ1v) is 11.8. The summed E-state index contributed by atoms with van der Waals surface area (Å²) in [5.74, 6) is 0.352. The van der Waals surface area contributed by atoms with Crippen molar-refractivity contribution in [3.8, 4) is 0 Å². The largest absolute Gasteiger partial charge is 0.366 e. The molecule has 1 fully saturated rings. The third-order valence-corrected chi connectivity index (χ3v) is 7.21. The molecular formula is C25H28ClN3OS. The number of nitrogens with zero attached hydrogens (tertiary/aromatic N) is 2. The molecule has 1 N–H and O–H groups in total. The molecule has 1 saturated heterocycles. The number of halogens is 1. The van der Waals surface area contributed by atoms with Crippen LogP contribution in [0.15, 0.2) is 46.3 Å². The fourth-order valence-electron chi connectivity index (χ4n) is 4.64. The maximum absolute atomic E-state index is 12.6. The summed E-state index contributed by atoms with van der Waals surface area (Å²) in [4.78, 5) is 20.3. The molecule has 0 spiro atoms. The first-order chi connectivity index (χ1) is 14.7. The second-order valence-corrected chi connectivity index (χ2v) is 10.4. The number of hydrogen-bond acceptors (Lipinski definition) is 4. The van der Waals surface area contributed by atoms with Gasteiger partial charge in [0, 0.05) is 22.8 Å². The second-order valence-electron chi connectivity index (χ2n) is 8.89. The highest BCUT2D eigenvalue weighted by Gasteiger charge is 2.35. The summed E-state index contributed by atoms with van der Waals surface area (Å²) >= 11 is 7.46. The molecule has 2 aromatic carbocycles. The first-order valence-electron chi connectivity index (χ1n) is 10.7. The molecule has 2 aliphatic heterocycles. The van der Waals surface area contributed by atoms with Crippen molar-refractivity contribution in [1.29, 1.82) is 0 Å². The van der Waals surface area contributed by atoms with E-state index in [1.54, 1.807) is 0 Å². The molecule has 2 heterocycles. The molecule has 0 aliphatic carbocycles. The van der Waals surface area contributed by atoms with Crippen LogP contribution in [0.2, 0.25) is 5.02 Å². The first kappa shape index (κ1) is 22.0. The van der Waals surface area contributed by atoms with Crippen molar-refractivity contribution in [2.24, 2.45) is 4.99 Å². The van der Waals surface area contributed by atoms with Gasteiger partial charge in [0.2, 0.25) is 0 Å². The molecular weight excluding hydrogens is 426 g/mol. The Morgan fingerprint density at radius 2 is 2.06 bits per heavy atom. The SMILES string of the molecule is CCN1c2ccc(/C=C3\SC(=Nc4cc(Cl)ccc4C)NC3=O)cc2[C@@H](C)CC1(C)C. The van der Waals surface area contributed by atoms with E-state index < -0.39 is 0 Å². The summed E-state index contributed by atoms with van der Waals surface area (Å²) in [6.45, 7) is 12.1. The number of rotatable bonds is 3. The number of amides is 1. The van der Waals surface area contributed by atoms with Gasteiger partial charge in [-0.2, -0.15) is 0 Å². The Kier molecular flexibility index (Phi) is 5.93. The molecule has 1 atom stereocenters. The number of carbonyl (C=O) groups excluding carboxylic acids is 1. The zero-order chi connectivity index (χ0) is 22.3. The number of benzene rings is 2. The topological polar surface area (TPSA) is 44.7 Å². The van der Waals surface area contributed by atoms with Crippen molar-refractivity contribution < 1.29 is 4.79 Å². The summed E-state index contributed by atoms with van der Waals surface area (Å²) in [6.07, 6.45) is 3.06. The second kappa shape index (κ2) is 8.36. The van der Waals surface area contributed by atoms with Gasteiger partial charge >= 0.3 is 0 Å². The Morgan fingerprint density at radius 1 is 1.29 bits per heavy atom. The van der Waals surface area contributed by atoms with Crippen LogP contribution in [0.4, 0.5) is 11.4 Å². The number of amidine groups is 1. The number of nitrogens with one attached hydrogen (secondary N) is 1. The number of anilines is 1. The van der Waals surface area contributed by atoms with Gasteiger partial charge in [0.15, 0.2) is 5.17 Å². The van der Waals surface area contributed by atoms with Crippen molar-refractivity contribution >= 4 is 51.9 Å². The van der Waals surface area contributed by atoms with Crippen molar-refractivity contribution in [2.45, 2.75) is 52.5 Å². The van der Waals surface area contributed by atoms with E-state index in [1.807, 2.05) is 31.2 Å². The molecule has 0 radical (unpaired) electrons. The fraction of sp³-hybridized carbons (Fsp3) is 0.360. The molecule has 31 heavy (non-hydrogen) atoms. The predicted molar refractivity (Wildman–Crippen MR) is 134 cm³/mol. The number of carbonyl (C=O) groups is 1. The Labute approximate surface area is 193 Å². The van der Waals surface area contributed by atoms with Crippen LogP contribution in [0.25, 0.3) is 6.08 Å². The number of hydrogen-bond donors (Lipinski definition) is 1. The molecule has 0 saturated carbocycles. The fourth-order valence-corrected chi connectivity index (χ4v) is 5.64. The van der Waals surface area contributed by atoms with Crippen molar-refractivity contribution in [1.82, 2.24) is 5.32 Å². The Morgan fingerprint density at radius 3 is 2.81 bits per heavy atom. The lowest BCUT2D eigenvalue weighted by Gasteiger charge is -2.47. The van der Waals surface area contributed by atoms with Crippen LogP contribution in [0, 0.1) is 6.92 Å². The minimum absolute atomic E-state index is 0.120. The van der Waals surface area contributed by atoms with Crippen molar-refractivity contribution in [2.75, 3.05) is 11.4 Å². The van der Waals surface area contributed by atoms with Gasteiger partial charge in [-0.25, -0.2) is 4.99 Å². The highest BCUT2D eigenvalue weighted by molar-refractivity contribution is 8.18. The van der Waals surface area contributed by atoms with Crippen LogP contribution in [0.1, 0.15) is 56.7 Å². The zero-order valence-corrected chi connectivity index (χ0v) is 20.2. The molecule has 4 rings (SSSR count). The predicted octanol–water partition coefficient (Wildman–Crippen LogP) is 6.65. The van der Waals surface area contributed by atoms with Gasteiger partial charge in [0.05, 0.1) is 10.6 Å². The number of aryl methyl sites for hydroxylation is 1. The quantitative estimate of drug-likeness (QED) is 0.529. The van der Waals surface area contributed by atoms with Gasteiger partial charge in [-0.1, -0.05) is 30.7 Å². The molecule has 2 aliphatic rings. The molecule has 162 valence electrons. The van der Waals surface area contributed by atoms with E-state index in [0.29, 0.717) is 21.0 Å². The zero-order valence-electron chi connectivity index (χ0n) is 18.6. The Balaban J connectivity index is 1.62. The van der Waals surface area contributed by atoms with Crippen LogP contribution in [-0.2, 0) is 4.79 Å². The number of fused-ring (bicyclic) bond motifs is 1. The van der Waals surface area contributed by atoms with E-state index in [9.17, 15) is 4.79 Å². The lowest BCUT2D eigenvalue weighted by molar-refractivity contribution is -0.115. The third-order valence-electron chi connectivity index (χ3n) is 6.07. The van der Waals surface area contributed by atoms with E-state index in [2.05, 4.69) is 61.1 Å². The molecule has 0 aromatic heterocycles. The van der Waals surface area contributed by atoms with E-state index in [-0.39, 0.29) is 11.4 Å². The van der Waals surface area contributed by atoms with Gasteiger partial charge in [-0.3, -0.25) is 4.79 Å². The molecule has 4 nitrogen and oxygen atoms in total. The maximum atomic E-state index is 12.6. The average molecular weight is 454 g/mol. The lowest BCUT2D eigenvalue weighted by atomic mass is 9.79. The molecule has 6 heteroatoms. The van der Waals surface area contributed by atoms with Crippen LogP contribution < -0.4 is 10.2 Å². The highest BCUT2D eigenvalue weighted by Crippen LogP contribution is 2.43. The number of thioether (sulfide) groups is 1. The lowest BCUT2D eigenvalue weighted by Crippen LogP contribution is -2.48. The summed E-state index contributed by atoms with van der Waals surface area (Å²) in [6, 6.07) is 12.1. The van der Waals surface area contributed by atoms with Crippen molar-refractivity contribution in [3.05, 3.63) is 63.0 Å². The van der Waals surface area contributed by atoms with Gasteiger partial charge in [-0.15, -0.1) is 0 Å². The van der Waals surface area contributed by atoms with Crippen molar-refractivity contribution in [3.63, 3.8) is 0 Å². The normalized spacial score (nSPS) is 22.7. The monoisotopic (exact) mass is 453 g/mol. The third kappa shape index (κ3) is 4.39. The van der Waals surface area contributed by atoms with Gasteiger partial charge in [-0.05, 0) is 98.8 Å². The number of aliphatic imine (C=N–C) groups is 1. The van der Waals surface area contributed by atoms with E-state index >= 15 is 0 Å². The summed E-state index contributed by atoms with van der Waals surface area (Å²) in [5.41, 5.74) is 5.61. The van der Waals surface area contributed by atoms with Crippen LogP contribution in [-0.4, -0.2) is 23.2 Å². The van der Waals surface area contributed by atoms with Gasteiger partial charge < -0.3 is 10.2 Å². The molecule has 0 bridgehead atoms. The van der Waals surface area contributed by atoms with Gasteiger partial charge in [0.1, 0.15) is 0 Å².